The van der Waals surface area contributed by atoms with Gasteiger partial charge in [-0.25, -0.2) is 0 Å². The van der Waals surface area contributed by atoms with E-state index in [1.807, 2.05) is 0 Å². The van der Waals surface area contributed by atoms with Gasteiger partial charge in [0.1, 0.15) is 0 Å². The van der Waals surface area contributed by atoms with Crippen molar-refractivity contribution >= 4 is 0 Å². The van der Waals surface area contributed by atoms with Gasteiger partial charge in [0.15, 0.2) is 0 Å². The third kappa shape index (κ3) is 174. The van der Waals surface area contributed by atoms with Gasteiger partial charge in [0.05, 0.1) is 0 Å². The molecule has 0 aromatic rings. The topological polar surface area (TPSA) is 0 Å². The summed E-state index contributed by atoms with van der Waals surface area (Å²) >= 11 is 0. The quantitative estimate of drug-likeness (QED) is 0.320. The fraction of sp³-hybridized carbons (Fsp3) is 0. The number of hydrogen-bond donors (Lipinski definition) is 0. The number of rotatable bonds is 0. The van der Waals surface area contributed by atoms with Gasteiger partial charge in [0.25, 0.3) is 0 Å². The zero-order chi connectivity index (χ0) is 0. The fourth-order valence-corrected chi connectivity index (χ4v) is 0. The molecule has 0 aliphatic rings. The van der Waals surface area contributed by atoms with E-state index in [0.29, 0.717) is 0 Å². The summed E-state index contributed by atoms with van der Waals surface area (Å²) < 4.78 is 0. The normalized spacial score (nSPS) is 0. The van der Waals surface area contributed by atoms with E-state index >= 15 is 0 Å². The predicted molar refractivity (Wildman–Crippen MR) is 0 cm³/mol. The van der Waals surface area contributed by atoms with Gasteiger partial charge in [0, 0.05) is 442 Å². The molecule has 0 radical (unpaired) electrons. The second kappa shape index (κ2) is 185. The van der Waals surface area contributed by atoms with Gasteiger partial charge < -0.3 is 0 Å². The molecule has 0 rings (SSSR count). The molecule has 0 bridgehead atoms. The predicted octanol–water partition coefficient (Wildman–Crippen LogP) is -0.0525. The Morgan fingerprint density at radius 3 is 0.0476 bits per heavy atom. The average molecular weight is 3860 g/mol. The van der Waals surface area contributed by atoms with Crippen LogP contribution < -0.4 is 0 Å². The summed E-state index contributed by atoms with van der Waals surface area (Å²) in [7, 11) is 0. The van der Waals surface area contributed by atoms with Crippen LogP contribution in [0.2, 0.25) is 0 Å². The second-order valence-electron chi connectivity index (χ2n) is 0. The third-order valence-corrected chi connectivity index (χ3v) is 0. The van der Waals surface area contributed by atoms with Crippen molar-refractivity contribution in [3.05, 3.63) is 0 Å². The molecular formula is W21. The van der Waals surface area contributed by atoms with Crippen LogP contribution in [0.4, 0.5) is 0 Å². The van der Waals surface area contributed by atoms with E-state index in [0.717, 1.165) is 0 Å². The molecule has 126 valence electrons. The van der Waals surface area contributed by atoms with Crippen LogP contribution in [0.1, 0.15) is 0 Å². The van der Waals surface area contributed by atoms with E-state index in [1.54, 1.807) is 0 Å². The summed E-state index contributed by atoms with van der Waals surface area (Å²) in [5.41, 5.74) is 0. The summed E-state index contributed by atoms with van der Waals surface area (Å²) in [6, 6.07) is 0. The Hall–Kier alpha value is 14.5. The van der Waals surface area contributed by atoms with E-state index < -0.39 is 0 Å². The van der Waals surface area contributed by atoms with Gasteiger partial charge in [-0.3, -0.25) is 0 Å². The maximum atomic E-state index is 0. The van der Waals surface area contributed by atoms with Crippen LogP contribution in [0.15, 0.2) is 0 Å². The molecule has 0 unspecified atom stereocenters. The maximum Gasteiger partial charge on any atom is 0 e. The maximum absolute atomic E-state index is 0. The standard InChI is InChI=1S/21W. The molecule has 21 heteroatoms. The molecule has 0 aromatic carbocycles. The van der Waals surface area contributed by atoms with Crippen molar-refractivity contribution in [2.75, 3.05) is 0 Å². The van der Waals surface area contributed by atoms with Gasteiger partial charge in [0.2, 0.25) is 0 Å². The van der Waals surface area contributed by atoms with Crippen LogP contribution in [0, 0.1) is 0 Å². The van der Waals surface area contributed by atoms with E-state index in [9.17, 15) is 0 Å². The van der Waals surface area contributed by atoms with Crippen LogP contribution in [-0.4, -0.2) is 0 Å². The second-order valence-corrected chi connectivity index (χ2v) is 0. The molecule has 0 atom stereocenters. The molecule has 21 heavy (non-hydrogen) atoms. The molecule has 0 aliphatic carbocycles. The van der Waals surface area contributed by atoms with E-state index in [1.165, 1.54) is 0 Å². The molecule has 0 fully saturated rings. The molecule has 0 saturated heterocycles. The van der Waals surface area contributed by atoms with Crippen LogP contribution in [0.5, 0.6) is 0 Å². The van der Waals surface area contributed by atoms with Crippen LogP contribution >= 0.6 is 0 Å². The Morgan fingerprint density at radius 2 is 0.0476 bits per heavy atom. The summed E-state index contributed by atoms with van der Waals surface area (Å²) in [6.45, 7) is 0. The van der Waals surface area contributed by atoms with Crippen molar-refractivity contribution in [3.63, 3.8) is 0 Å². The molecule has 0 heterocycles. The average Bonchev–Trinajstić information content (AvgIpc) is 0. The molecule has 0 saturated carbocycles. The summed E-state index contributed by atoms with van der Waals surface area (Å²) in [5, 5.41) is 0. The van der Waals surface area contributed by atoms with Crippen molar-refractivity contribution < 1.29 is 442 Å². The summed E-state index contributed by atoms with van der Waals surface area (Å²) in [4.78, 5) is 0. The van der Waals surface area contributed by atoms with Gasteiger partial charge >= 0.3 is 0 Å². The molecular weight excluding hydrogens is 3860 g/mol. The van der Waals surface area contributed by atoms with Gasteiger partial charge in [-0.2, -0.15) is 0 Å². The van der Waals surface area contributed by atoms with E-state index in [4.69, 9.17) is 0 Å². The van der Waals surface area contributed by atoms with Crippen molar-refractivity contribution in [2.45, 2.75) is 0 Å². The summed E-state index contributed by atoms with van der Waals surface area (Å²) in [6.07, 6.45) is 0. The van der Waals surface area contributed by atoms with Crippen molar-refractivity contribution in [2.24, 2.45) is 0 Å². The smallest absolute Gasteiger partial charge is 0 e. The van der Waals surface area contributed by atoms with E-state index in [2.05, 4.69) is 0 Å². The molecule has 0 spiro atoms. The Kier molecular flexibility index (Phi) is 1770. The first-order valence-electron chi connectivity index (χ1n) is 0. The molecule has 0 aromatic heterocycles. The minimum atomic E-state index is 0. The van der Waals surface area contributed by atoms with Crippen molar-refractivity contribution in [1.82, 2.24) is 0 Å². The van der Waals surface area contributed by atoms with E-state index in [-0.39, 0.29) is 442 Å². The zero-order valence-corrected chi connectivity index (χ0v) is 70.2. The van der Waals surface area contributed by atoms with Gasteiger partial charge in [-0.15, -0.1) is 0 Å². The minimum absolute atomic E-state index is 0. The van der Waals surface area contributed by atoms with Crippen LogP contribution in [0.3, 0.4) is 0 Å². The molecule has 0 amide bonds. The Labute approximate surface area is 430 Å². The van der Waals surface area contributed by atoms with Crippen LogP contribution in [0.25, 0.3) is 0 Å². The van der Waals surface area contributed by atoms with Crippen LogP contribution in [-0.2, 0) is 442 Å². The van der Waals surface area contributed by atoms with Gasteiger partial charge in [-0.05, 0) is 0 Å². The SMILES string of the molecule is [W].[W].[W].[W].[W].[W].[W].[W].[W].[W].[W].[W].[W].[W].[W].[W].[W].[W].[W].[W].[W]. The Bertz CT molecular complexity index is 0. The molecule has 0 aliphatic heterocycles. The van der Waals surface area contributed by atoms with Gasteiger partial charge in [-0.1, -0.05) is 0 Å². The Morgan fingerprint density at radius 1 is 0.0476 bits per heavy atom. The largest absolute Gasteiger partial charge is 0 e. The Balaban J connectivity index is 0. The summed E-state index contributed by atoms with van der Waals surface area (Å²) in [5.74, 6) is 0. The van der Waals surface area contributed by atoms with Crippen molar-refractivity contribution in [1.29, 1.82) is 0 Å². The minimum Gasteiger partial charge on any atom is 0 e. The number of hydrogen-bond acceptors (Lipinski definition) is 0. The molecule has 0 nitrogen and oxygen atoms in total. The monoisotopic (exact) mass is 3860 g/mol. The zero-order valence-electron chi connectivity index (χ0n) is 8.57. The fourth-order valence-electron chi connectivity index (χ4n) is 0. The molecule has 0 N–H and O–H groups in total. The third-order valence-electron chi connectivity index (χ3n) is 0. The first kappa shape index (κ1) is 201. The first-order valence-corrected chi connectivity index (χ1v) is 0. The first-order chi connectivity index (χ1) is 0. The van der Waals surface area contributed by atoms with Crippen molar-refractivity contribution in [3.8, 4) is 0 Å².